The van der Waals surface area contributed by atoms with Crippen LogP contribution in [0, 0.1) is 0 Å². The fourth-order valence-corrected chi connectivity index (χ4v) is 2.91. The summed E-state index contributed by atoms with van der Waals surface area (Å²) in [6, 6.07) is 14.9. The van der Waals surface area contributed by atoms with Gasteiger partial charge in [-0.15, -0.1) is 0 Å². The van der Waals surface area contributed by atoms with Crippen molar-refractivity contribution in [1.29, 1.82) is 0 Å². The molecule has 5 nitrogen and oxygen atoms in total. The molecule has 3 aromatic rings. The highest BCUT2D eigenvalue weighted by atomic mass is 16.2. The van der Waals surface area contributed by atoms with Gasteiger partial charge < -0.3 is 5.32 Å². The van der Waals surface area contributed by atoms with Gasteiger partial charge >= 0.3 is 0 Å². The molecule has 0 atom stereocenters. The summed E-state index contributed by atoms with van der Waals surface area (Å²) in [5, 5.41) is 8.29. The Morgan fingerprint density at radius 1 is 1.08 bits per heavy atom. The maximum absolute atomic E-state index is 12.8. The minimum Gasteiger partial charge on any atom is -0.321 e. The van der Waals surface area contributed by atoms with Crippen LogP contribution >= 0.6 is 0 Å². The first kappa shape index (κ1) is 17.9. The van der Waals surface area contributed by atoms with Crippen molar-refractivity contribution < 1.29 is 4.79 Å². The van der Waals surface area contributed by atoms with Gasteiger partial charge in [0.1, 0.15) is 0 Å². The van der Waals surface area contributed by atoms with Gasteiger partial charge in [-0.2, -0.15) is 5.10 Å². The Bertz CT molecular complexity index is 988. The number of nitrogens with one attached hydrogen (secondary N) is 1. The summed E-state index contributed by atoms with van der Waals surface area (Å²) in [5.74, 6) is 0.117. The molecule has 134 valence electrons. The van der Waals surface area contributed by atoms with Crippen LogP contribution in [0.2, 0.25) is 0 Å². The van der Waals surface area contributed by atoms with E-state index in [9.17, 15) is 9.59 Å². The van der Waals surface area contributed by atoms with Crippen molar-refractivity contribution in [3.8, 4) is 0 Å². The van der Waals surface area contributed by atoms with E-state index >= 15 is 0 Å². The molecule has 3 rings (SSSR count). The Kier molecular flexibility index (Phi) is 5.16. The molecule has 0 spiro atoms. The van der Waals surface area contributed by atoms with Crippen LogP contribution in [-0.4, -0.2) is 15.7 Å². The Morgan fingerprint density at radius 2 is 1.73 bits per heavy atom. The van der Waals surface area contributed by atoms with Gasteiger partial charge in [-0.25, -0.2) is 4.68 Å². The van der Waals surface area contributed by atoms with Crippen molar-refractivity contribution >= 4 is 22.4 Å². The van der Waals surface area contributed by atoms with Gasteiger partial charge in [0.15, 0.2) is 5.69 Å². The summed E-state index contributed by atoms with van der Waals surface area (Å²) in [5.41, 5.74) is 2.02. The second-order valence-corrected chi connectivity index (χ2v) is 6.65. The van der Waals surface area contributed by atoms with Crippen molar-refractivity contribution in [2.24, 2.45) is 0 Å². The zero-order valence-corrected chi connectivity index (χ0v) is 15.3. The van der Waals surface area contributed by atoms with Gasteiger partial charge in [-0.1, -0.05) is 51.1 Å². The molecule has 2 aromatic carbocycles. The van der Waals surface area contributed by atoms with Crippen molar-refractivity contribution in [2.45, 2.75) is 39.7 Å². The average Bonchev–Trinajstić information content (AvgIpc) is 2.64. The SMILES string of the molecule is CCCn1nc(C(=O)Nc2ccc(C(C)C)cc2)c2ccccc2c1=O. The summed E-state index contributed by atoms with van der Waals surface area (Å²) in [4.78, 5) is 25.3. The molecule has 0 radical (unpaired) electrons. The molecule has 0 bridgehead atoms. The van der Waals surface area contributed by atoms with Crippen molar-refractivity contribution in [3.63, 3.8) is 0 Å². The summed E-state index contributed by atoms with van der Waals surface area (Å²) in [6.45, 7) is 6.70. The largest absolute Gasteiger partial charge is 0.321 e. The topological polar surface area (TPSA) is 64.0 Å². The smallest absolute Gasteiger partial charge is 0.276 e. The van der Waals surface area contributed by atoms with E-state index in [-0.39, 0.29) is 17.2 Å². The third-order valence-electron chi connectivity index (χ3n) is 4.35. The summed E-state index contributed by atoms with van der Waals surface area (Å²) >= 11 is 0. The summed E-state index contributed by atoms with van der Waals surface area (Å²) < 4.78 is 1.37. The number of hydrogen-bond donors (Lipinski definition) is 1. The number of hydrogen-bond acceptors (Lipinski definition) is 3. The molecule has 0 unspecified atom stereocenters. The molecule has 5 heteroatoms. The van der Waals surface area contributed by atoms with Gasteiger partial charge in [0.2, 0.25) is 0 Å². The number of aromatic nitrogens is 2. The highest BCUT2D eigenvalue weighted by molar-refractivity contribution is 6.11. The summed E-state index contributed by atoms with van der Waals surface area (Å²) in [7, 11) is 0. The Balaban J connectivity index is 1.99. The number of rotatable bonds is 5. The van der Waals surface area contributed by atoms with Gasteiger partial charge in [-0.3, -0.25) is 9.59 Å². The number of carbonyl (C=O) groups excluding carboxylic acids is 1. The van der Waals surface area contributed by atoms with Crippen LogP contribution in [0.5, 0.6) is 0 Å². The molecule has 0 saturated carbocycles. The minimum absolute atomic E-state index is 0.166. The standard InChI is InChI=1S/C21H23N3O2/c1-4-13-24-21(26)18-8-6-5-7-17(18)19(23-24)20(25)22-16-11-9-15(10-12-16)14(2)3/h5-12,14H,4,13H2,1-3H3,(H,22,25). The molecule has 0 saturated heterocycles. The van der Waals surface area contributed by atoms with E-state index in [1.807, 2.05) is 37.3 Å². The first-order chi connectivity index (χ1) is 12.5. The molecule has 1 heterocycles. The van der Waals surface area contributed by atoms with E-state index in [2.05, 4.69) is 24.3 Å². The minimum atomic E-state index is -0.316. The van der Waals surface area contributed by atoms with Crippen LogP contribution in [-0.2, 0) is 6.54 Å². The van der Waals surface area contributed by atoms with Gasteiger partial charge in [-0.05, 0) is 36.1 Å². The lowest BCUT2D eigenvalue weighted by Gasteiger charge is -2.11. The highest BCUT2D eigenvalue weighted by Crippen LogP contribution is 2.19. The molecule has 0 aliphatic carbocycles. The van der Waals surface area contributed by atoms with Crippen LogP contribution in [0.4, 0.5) is 5.69 Å². The fourth-order valence-electron chi connectivity index (χ4n) is 2.91. The number of carbonyl (C=O) groups is 1. The van der Waals surface area contributed by atoms with E-state index in [4.69, 9.17) is 0 Å². The third kappa shape index (κ3) is 3.52. The van der Waals surface area contributed by atoms with E-state index in [1.165, 1.54) is 10.2 Å². The zero-order chi connectivity index (χ0) is 18.7. The van der Waals surface area contributed by atoms with Gasteiger partial charge in [0.25, 0.3) is 11.5 Å². The Hall–Kier alpha value is -2.95. The van der Waals surface area contributed by atoms with Crippen molar-refractivity contribution in [3.05, 3.63) is 70.1 Å². The van der Waals surface area contributed by atoms with Crippen molar-refractivity contribution in [1.82, 2.24) is 9.78 Å². The molecule has 1 aromatic heterocycles. The predicted molar refractivity (Wildman–Crippen MR) is 105 cm³/mol. The molecule has 1 amide bonds. The zero-order valence-electron chi connectivity index (χ0n) is 15.3. The molecule has 1 N–H and O–H groups in total. The second-order valence-electron chi connectivity index (χ2n) is 6.65. The van der Waals surface area contributed by atoms with E-state index in [1.54, 1.807) is 18.2 Å². The quantitative estimate of drug-likeness (QED) is 0.751. The molecule has 0 fully saturated rings. The lowest BCUT2D eigenvalue weighted by atomic mass is 10.0. The van der Waals surface area contributed by atoms with E-state index < -0.39 is 0 Å². The van der Waals surface area contributed by atoms with Crippen LogP contribution in [0.3, 0.4) is 0 Å². The second kappa shape index (κ2) is 7.52. The molecule has 0 aliphatic rings. The highest BCUT2D eigenvalue weighted by Gasteiger charge is 2.16. The predicted octanol–water partition coefficient (Wildman–Crippen LogP) is 4.18. The Labute approximate surface area is 152 Å². The van der Waals surface area contributed by atoms with Crippen LogP contribution in [0.15, 0.2) is 53.3 Å². The van der Waals surface area contributed by atoms with Crippen LogP contribution in [0.1, 0.15) is 49.2 Å². The molecular weight excluding hydrogens is 326 g/mol. The molecular formula is C21H23N3O2. The number of fused-ring (bicyclic) bond motifs is 1. The normalized spacial score (nSPS) is 11.1. The molecule has 0 aliphatic heterocycles. The number of nitrogens with zero attached hydrogens (tertiary/aromatic N) is 2. The van der Waals surface area contributed by atoms with E-state index in [0.29, 0.717) is 28.9 Å². The Morgan fingerprint density at radius 3 is 2.35 bits per heavy atom. The van der Waals surface area contributed by atoms with E-state index in [0.717, 1.165) is 6.42 Å². The number of anilines is 1. The van der Waals surface area contributed by atoms with Crippen LogP contribution < -0.4 is 10.9 Å². The van der Waals surface area contributed by atoms with Crippen molar-refractivity contribution in [2.75, 3.05) is 5.32 Å². The van der Waals surface area contributed by atoms with Crippen LogP contribution in [0.25, 0.3) is 10.8 Å². The van der Waals surface area contributed by atoms with Gasteiger partial charge in [0.05, 0.1) is 5.39 Å². The first-order valence-electron chi connectivity index (χ1n) is 8.92. The summed E-state index contributed by atoms with van der Waals surface area (Å²) in [6.07, 6.45) is 0.767. The maximum atomic E-state index is 12.8. The number of amides is 1. The third-order valence-corrected chi connectivity index (χ3v) is 4.35. The van der Waals surface area contributed by atoms with Gasteiger partial charge in [0, 0.05) is 17.6 Å². The lowest BCUT2D eigenvalue weighted by molar-refractivity contribution is 0.102. The first-order valence-corrected chi connectivity index (χ1v) is 8.92. The number of benzene rings is 2. The lowest BCUT2D eigenvalue weighted by Crippen LogP contribution is -2.27. The number of aryl methyl sites for hydroxylation is 1. The maximum Gasteiger partial charge on any atom is 0.276 e. The monoisotopic (exact) mass is 349 g/mol. The fraction of sp³-hybridized carbons (Fsp3) is 0.286. The average molecular weight is 349 g/mol. The molecule has 26 heavy (non-hydrogen) atoms.